The van der Waals surface area contributed by atoms with E-state index in [1.165, 1.54) is 48.5 Å². The number of rotatable bonds is 14. The summed E-state index contributed by atoms with van der Waals surface area (Å²) in [5, 5.41) is 211. The molecule has 0 amide bonds. The lowest BCUT2D eigenvalue weighted by Crippen LogP contribution is -2.71. The molecule has 0 saturated carbocycles. The summed E-state index contributed by atoms with van der Waals surface area (Å²) < 4.78 is 16.9. The summed E-state index contributed by atoms with van der Waals surface area (Å²) in [6.07, 6.45) is -31.7. The number of ketones is 4. The van der Waals surface area contributed by atoms with Crippen LogP contribution in [-0.2, 0) is 33.4 Å². The summed E-state index contributed by atoms with van der Waals surface area (Å²) in [7, 11) is 0. The van der Waals surface area contributed by atoms with Crippen molar-refractivity contribution < 1.29 is 130 Å². The maximum Gasteiger partial charge on any atom is 0.219 e. The van der Waals surface area contributed by atoms with Crippen molar-refractivity contribution >= 4 is 35.3 Å². The SMILES string of the molecule is O=C(/C=C/c1ccc(O)cc1)C1=C(O)C2=C(O[C@H]([C@@H](O)[C@H](O)[C@H](O)CO)[C@H]2C2=C(O)C(=C(O)/C=C/c3ccc(O)cc3)C(=O)C(O)([C@@H]3O[C@H](CO)[C@@H](O)[C@H](O)[C@H]3O)C2=O)C(O)([C@@H]2O[C@H](CO)[C@@H](O)[C@H](O)[C@H]2O)C1=O. The molecule has 400 valence electrons. The molecule has 2 fully saturated rings. The lowest BCUT2D eigenvalue weighted by molar-refractivity contribution is -0.264. The van der Waals surface area contributed by atoms with Gasteiger partial charge in [0.15, 0.2) is 5.78 Å². The molecule has 2 saturated heterocycles. The molecule has 0 radical (unpaired) electrons. The third-order valence-electron chi connectivity index (χ3n) is 13.5. The maximum atomic E-state index is 15.4. The van der Waals surface area contributed by atoms with Crippen molar-refractivity contribution in [3.8, 4) is 11.5 Å². The first-order chi connectivity index (χ1) is 34.8. The number of benzene rings is 2. The number of aliphatic hydroxyl groups excluding tert-OH is 15. The molecule has 26 nitrogen and oxygen atoms in total. The molecule has 7 rings (SSSR count). The van der Waals surface area contributed by atoms with Gasteiger partial charge >= 0.3 is 0 Å². The van der Waals surface area contributed by atoms with Crippen LogP contribution >= 0.6 is 0 Å². The van der Waals surface area contributed by atoms with E-state index in [0.29, 0.717) is 12.2 Å². The van der Waals surface area contributed by atoms with Gasteiger partial charge in [0.2, 0.25) is 28.6 Å². The molecule has 2 aromatic rings. The summed E-state index contributed by atoms with van der Waals surface area (Å²) >= 11 is 0. The Morgan fingerprint density at radius 1 is 0.608 bits per heavy atom. The van der Waals surface area contributed by atoms with E-state index in [1.807, 2.05) is 0 Å². The zero-order valence-electron chi connectivity index (χ0n) is 38.1. The summed E-state index contributed by atoms with van der Waals surface area (Å²) in [4.78, 5) is 59.4. The molecule has 0 bridgehead atoms. The summed E-state index contributed by atoms with van der Waals surface area (Å²) in [5.74, 6) is -17.5. The van der Waals surface area contributed by atoms with Crippen molar-refractivity contribution in [3.05, 3.63) is 117 Å². The second kappa shape index (κ2) is 21.2. The van der Waals surface area contributed by atoms with Gasteiger partial charge in [0, 0.05) is 5.57 Å². The van der Waals surface area contributed by atoms with E-state index in [4.69, 9.17) is 14.2 Å². The highest BCUT2D eigenvalue weighted by atomic mass is 16.6. The van der Waals surface area contributed by atoms with Crippen molar-refractivity contribution in [2.24, 2.45) is 5.92 Å². The van der Waals surface area contributed by atoms with E-state index in [9.17, 15) is 111 Å². The molecular formula is C48H52O26. The normalized spacial score (nSPS) is 35.8. The summed E-state index contributed by atoms with van der Waals surface area (Å²) in [6.45, 7) is -3.83. The Labute approximate surface area is 416 Å². The minimum absolute atomic E-state index is 0.143. The van der Waals surface area contributed by atoms with E-state index < -0.39 is 191 Å². The van der Waals surface area contributed by atoms with Gasteiger partial charge in [0.05, 0.1) is 31.3 Å². The number of allylic oxidation sites excluding steroid dienone is 4. The minimum atomic E-state index is -4.13. The molecule has 74 heavy (non-hydrogen) atoms. The van der Waals surface area contributed by atoms with Gasteiger partial charge in [0.25, 0.3) is 0 Å². The lowest BCUT2D eigenvalue weighted by atomic mass is 9.65. The van der Waals surface area contributed by atoms with Crippen molar-refractivity contribution in [1.29, 1.82) is 0 Å². The average Bonchev–Trinajstić information content (AvgIpc) is 3.78. The fourth-order valence-electron chi connectivity index (χ4n) is 9.46. The second-order valence-electron chi connectivity index (χ2n) is 18.0. The van der Waals surface area contributed by atoms with Gasteiger partial charge in [-0.05, 0) is 47.5 Å². The zero-order chi connectivity index (χ0) is 54.6. The Hall–Kier alpha value is -6.28. The molecule has 0 spiro atoms. The van der Waals surface area contributed by atoms with Gasteiger partial charge in [-0.1, -0.05) is 36.4 Å². The predicted molar refractivity (Wildman–Crippen MR) is 241 cm³/mol. The third-order valence-corrected chi connectivity index (χ3v) is 13.5. The zero-order valence-corrected chi connectivity index (χ0v) is 38.1. The summed E-state index contributed by atoms with van der Waals surface area (Å²) in [5.41, 5.74) is -13.7. The first-order valence-electron chi connectivity index (χ1n) is 22.4. The monoisotopic (exact) mass is 1040 g/mol. The highest BCUT2D eigenvalue weighted by molar-refractivity contribution is 6.30. The summed E-state index contributed by atoms with van der Waals surface area (Å²) in [6, 6.07) is 9.81. The topological polar surface area (TPSA) is 480 Å². The first kappa shape index (κ1) is 55.5. The highest BCUT2D eigenvalue weighted by Gasteiger charge is 2.70. The predicted octanol–water partition coefficient (Wildman–Crippen LogP) is -5.94. The van der Waals surface area contributed by atoms with E-state index in [2.05, 4.69) is 0 Å². The Kier molecular flexibility index (Phi) is 15.9. The van der Waals surface area contributed by atoms with Crippen LogP contribution in [0, 0.1) is 5.92 Å². The number of Topliss-reactive ketones (excluding diaryl/α,β-unsaturated/α-hetero) is 3. The first-order valence-corrected chi connectivity index (χ1v) is 22.4. The standard InChI is InChI=1S/C48H52O26/c49-13-22(56)30(57)37(64)40-27(28-33(60)25(20(54)11-5-16-1-7-18(52)8-2-16)41(67)47(70,43(28)69)45-38(65)35(62)31(58)23(14-50)72-45)29-34(61)26(21(55)12-6-17-3-9-19(53)10-4-17)42(68)48(71,44(29)74-40)46-39(66)36(63)32(59)24(15-51)73-46/h1-12,22-24,27,30-32,35-40,45-46,49-54,56-66,70-71H,13-15H2/b11-5+,12-6+,25-20?/t22-,23-,24-,27+,30-,31-,32-,35+,36+,37+,38-,39-,40+,45-,46-,47?,48?/m1/s1. The van der Waals surface area contributed by atoms with Crippen molar-refractivity contribution in [1.82, 2.24) is 0 Å². The number of hydrogen-bond acceptors (Lipinski definition) is 26. The van der Waals surface area contributed by atoms with Gasteiger partial charge in [-0.3, -0.25) is 19.2 Å². The van der Waals surface area contributed by atoms with Crippen molar-refractivity contribution in [2.75, 3.05) is 19.8 Å². The largest absolute Gasteiger partial charge is 0.508 e. The molecule has 17 atom stereocenters. The van der Waals surface area contributed by atoms with Gasteiger partial charge < -0.3 is 111 Å². The molecule has 0 aromatic heterocycles. The Morgan fingerprint density at radius 3 is 1.55 bits per heavy atom. The second-order valence-corrected chi connectivity index (χ2v) is 18.0. The molecule has 2 aliphatic carbocycles. The van der Waals surface area contributed by atoms with Crippen LogP contribution in [0.1, 0.15) is 11.1 Å². The van der Waals surface area contributed by atoms with Crippen LogP contribution in [0.15, 0.2) is 106 Å². The van der Waals surface area contributed by atoms with Gasteiger partial charge in [0.1, 0.15) is 131 Å². The highest BCUT2D eigenvalue weighted by Crippen LogP contribution is 2.54. The van der Waals surface area contributed by atoms with Crippen LogP contribution in [0.25, 0.3) is 12.2 Å². The fraction of sp³-hybridized carbons (Fsp3) is 0.417. The molecule has 3 aliphatic heterocycles. The average molecular weight is 1040 g/mol. The number of ether oxygens (including phenoxy) is 3. The lowest BCUT2D eigenvalue weighted by Gasteiger charge is -2.47. The Bertz CT molecular complexity index is 2720. The van der Waals surface area contributed by atoms with Crippen molar-refractivity contribution in [2.45, 2.75) is 96.7 Å². The van der Waals surface area contributed by atoms with Crippen LogP contribution in [0.5, 0.6) is 11.5 Å². The Morgan fingerprint density at radius 2 is 1.08 bits per heavy atom. The molecule has 5 aliphatic rings. The number of aliphatic hydroxyl groups is 17. The van der Waals surface area contributed by atoms with E-state index >= 15 is 4.79 Å². The molecule has 2 unspecified atom stereocenters. The number of phenolic OH excluding ortho intramolecular Hbond substituents is 2. The molecule has 19 N–H and O–H groups in total. The molecule has 3 heterocycles. The van der Waals surface area contributed by atoms with Crippen LogP contribution in [-0.4, -0.2) is 237 Å². The van der Waals surface area contributed by atoms with Crippen LogP contribution < -0.4 is 0 Å². The molecular weight excluding hydrogens is 993 g/mol. The number of aromatic hydroxyl groups is 2. The van der Waals surface area contributed by atoms with Gasteiger partial charge in [-0.15, -0.1) is 0 Å². The van der Waals surface area contributed by atoms with Crippen LogP contribution in [0.2, 0.25) is 0 Å². The number of phenols is 2. The number of carbonyl (C=O) groups is 4. The van der Waals surface area contributed by atoms with Gasteiger partial charge in [-0.2, -0.15) is 0 Å². The van der Waals surface area contributed by atoms with E-state index in [0.717, 1.165) is 12.2 Å². The van der Waals surface area contributed by atoms with Crippen molar-refractivity contribution in [3.63, 3.8) is 0 Å². The van der Waals surface area contributed by atoms with E-state index in [1.54, 1.807) is 0 Å². The molecule has 26 heteroatoms. The quantitative estimate of drug-likeness (QED) is 0.0362. The minimum Gasteiger partial charge on any atom is -0.508 e. The Balaban J connectivity index is 1.58. The van der Waals surface area contributed by atoms with Gasteiger partial charge in [-0.25, -0.2) is 0 Å². The maximum absolute atomic E-state index is 15.4. The third kappa shape index (κ3) is 9.12. The smallest absolute Gasteiger partial charge is 0.219 e. The van der Waals surface area contributed by atoms with Crippen LogP contribution in [0.3, 0.4) is 0 Å². The fourth-order valence-corrected chi connectivity index (χ4v) is 9.46. The number of hydrogen-bond donors (Lipinski definition) is 19. The van der Waals surface area contributed by atoms with Crippen LogP contribution in [0.4, 0.5) is 0 Å². The van der Waals surface area contributed by atoms with E-state index in [-0.39, 0.29) is 22.6 Å². The number of carbonyl (C=O) groups excluding carboxylic acids is 4. The molecule has 2 aromatic carbocycles.